The van der Waals surface area contributed by atoms with Crippen molar-refractivity contribution in [1.29, 1.82) is 0 Å². The minimum absolute atomic E-state index is 0.0510. The Morgan fingerprint density at radius 3 is 2.76 bits per heavy atom. The Morgan fingerprint density at radius 2 is 1.90 bits per heavy atom. The van der Waals surface area contributed by atoms with Gasteiger partial charge in [-0.3, -0.25) is 14.4 Å². The normalized spacial score (nSPS) is 18.1. The maximum Gasteiger partial charge on any atom is 0.311 e. The number of amides is 2. The van der Waals surface area contributed by atoms with Crippen molar-refractivity contribution in [3.05, 3.63) is 71.4 Å². The summed E-state index contributed by atoms with van der Waals surface area (Å²) in [6.45, 7) is 5.57. The summed E-state index contributed by atoms with van der Waals surface area (Å²) in [6.07, 6.45) is 12.1. The number of allylic oxidation sites excluding steroid dienone is 1. The van der Waals surface area contributed by atoms with Crippen LogP contribution < -0.4 is 15.4 Å². The van der Waals surface area contributed by atoms with Crippen molar-refractivity contribution >= 4 is 34.8 Å². The zero-order chi connectivity index (χ0) is 28.8. The molecule has 0 unspecified atom stereocenters. The summed E-state index contributed by atoms with van der Waals surface area (Å²) in [5.74, 6) is -0.858. The number of carbonyl (C=O) groups excluding carboxylic acids is 3. The van der Waals surface area contributed by atoms with E-state index in [9.17, 15) is 14.4 Å². The SMILES string of the molecule is CC(C)C[C@H](CC(=O)Oc1ccc2c(c1)C=CC2)C(=O)N[C@H]1Cc2cn(c3ccccc23)CCCCCCNC1=O. The molecule has 2 heterocycles. The number of fused-ring (bicyclic) bond motifs is 6. The lowest BCUT2D eigenvalue weighted by atomic mass is 9.92. The molecule has 0 saturated carbocycles. The number of hydrogen-bond donors (Lipinski definition) is 2. The highest BCUT2D eigenvalue weighted by atomic mass is 16.5. The van der Waals surface area contributed by atoms with E-state index >= 15 is 0 Å². The molecule has 0 spiro atoms. The highest BCUT2D eigenvalue weighted by Gasteiger charge is 2.29. The second-order valence-electron chi connectivity index (χ2n) is 11.8. The van der Waals surface area contributed by atoms with E-state index in [1.807, 2.05) is 44.2 Å². The van der Waals surface area contributed by atoms with Crippen LogP contribution in [0.1, 0.15) is 69.1 Å². The number of benzene rings is 2. The summed E-state index contributed by atoms with van der Waals surface area (Å²) in [6, 6.07) is 13.1. The molecule has 7 nitrogen and oxygen atoms in total. The third-order valence-electron chi connectivity index (χ3n) is 8.08. The Balaban J connectivity index is 1.33. The Bertz CT molecular complexity index is 1440. The van der Waals surface area contributed by atoms with E-state index in [4.69, 9.17) is 4.74 Å². The number of rotatable bonds is 7. The van der Waals surface area contributed by atoms with Crippen LogP contribution in [0.3, 0.4) is 0 Å². The van der Waals surface area contributed by atoms with Crippen molar-refractivity contribution in [3.63, 3.8) is 0 Å². The molecule has 2 bridgehead atoms. The standard InChI is InChI=1S/C34H41N3O4/c1-23(2)18-26(21-32(38)41-28-15-14-24-10-9-11-25(24)19-28)33(39)36-30-20-27-22-37(31-13-6-5-12-29(27)31)17-8-4-3-7-16-35-34(30)40/h5-6,9,11-15,19,22-23,26,30H,3-4,7-8,10,16-18,20-21H2,1-2H3,(H,35,40)(H,36,39)/t26-,30+/m1/s1. The second-order valence-corrected chi connectivity index (χ2v) is 11.8. The topological polar surface area (TPSA) is 89.4 Å². The minimum Gasteiger partial charge on any atom is -0.426 e. The molecule has 41 heavy (non-hydrogen) atoms. The van der Waals surface area contributed by atoms with E-state index in [1.54, 1.807) is 6.07 Å². The molecule has 7 heteroatoms. The quantitative estimate of drug-likeness (QED) is 0.294. The summed E-state index contributed by atoms with van der Waals surface area (Å²) in [5.41, 5.74) is 4.44. The van der Waals surface area contributed by atoms with Crippen molar-refractivity contribution in [2.75, 3.05) is 6.54 Å². The molecule has 1 aliphatic heterocycles. The highest BCUT2D eigenvalue weighted by molar-refractivity contribution is 5.91. The van der Waals surface area contributed by atoms with Crippen LogP contribution in [0.4, 0.5) is 0 Å². The van der Waals surface area contributed by atoms with E-state index in [2.05, 4.69) is 39.6 Å². The number of aryl methyl sites for hydroxylation is 1. The van der Waals surface area contributed by atoms with Crippen LogP contribution in [0.2, 0.25) is 0 Å². The van der Waals surface area contributed by atoms with E-state index < -0.39 is 17.9 Å². The molecule has 2 aromatic carbocycles. The van der Waals surface area contributed by atoms with Crippen molar-refractivity contribution in [3.8, 4) is 5.75 Å². The smallest absolute Gasteiger partial charge is 0.311 e. The average molecular weight is 556 g/mol. The van der Waals surface area contributed by atoms with Gasteiger partial charge in [0, 0.05) is 42.5 Å². The molecule has 0 radical (unpaired) electrons. The number of esters is 1. The lowest BCUT2D eigenvalue weighted by molar-refractivity contribution is -0.139. The molecule has 5 rings (SSSR count). The van der Waals surface area contributed by atoms with Crippen molar-refractivity contribution in [2.45, 2.75) is 77.8 Å². The minimum atomic E-state index is -0.739. The zero-order valence-electron chi connectivity index (χ0n) is 24.2. The summed E-state index contributed by atoms with van der Waals surface area (Å²) in [4.78, 5) is 40.0. The summed E-state index contributed by atoms with van der Waals surface area (Å²) < 4.78 is 7.92. The first kappa shape index (κ1) is 28.7. The van der Waals surface area contributed by atoms with Crippen LogP contribution in [0.15, 0.2) is 54.7 Å². The first-order valence-corrected chi connectivity index (χ1v) is 15.0. The number of nitrogens with zero attached hydrogens (tertiary/aromatic N) is 1. The van der Waals surface area contributed by atoms with E-state index in [-0.39, 0.29) is 24.2 Å². The Labute approximate surface area is 242 Å². The summed E-state index contributed by atoms with van der Waals surface area (Å²) in [7, 11) is 0. The zero-order valence-corrected chi connectivity index (χ0v) is 24.2. The summed E-state index contributed by atoms with van der Waals surface area (Å²) >= 11 is 0. The summed E-state index contributed by atoms with van der Waals surface area (Å²) in [5, 5.41) is 7.17. The maximum absolute atomic E-state index is 13.7. The van der Waals surface area contributed by atoms with Gasteiger partial charge in [-0.2, -0.15) is 0 Å². The monoisotopic (exact) mass is 555 g/mol. The molecule has 0 fully saturated rings. The first-order chi connectivity index (χ1) is 19.9. The maximum atomic E-state index is 13.7. The molecule has 1 aromatic heterocycles. The Hall–Kier alpha value is -3.87. The largest absolute Gasteiger partial charge is 0.426 e. The fourth-order valence-electron chi connectivity index (χ4n) is 6.00. The van der Waals surface area contributed by atoms with Gasteiger partial charge in [-0.15, -0.1) is 0 Å². The Kier molecular flexibility index (Phi) is 9.22. The average Bonchev–Trinajstić information content (AvgIpc) is 3.55. The van der Waals surface area contributed by atoms with Crippen molar-refractivity contribution in [1.82, 2.24) is 15.2 Å². The van der Waals surface area contributed by atoms with Crippen LogP contribution in [0.5, 0.6) is 5.75 Å². The van der Waals surface area contributed by atoms with Crippen LogP contribution in [-0.2, 0) is 33.8 Å². The highest BCUT2D eigenvalue weighted by Crippen LogP contribution is 2.27. The number of hydrogen-bond acceptors (Lipinski definition) is 4. The molecule has 0 saturated heterocycles. The first-order valence-electron chi connectivity index (χ1n) is 15.0. The third kappa shape index (κ3) is 7.26. The number of carbonyl (C=O) groups is 3. The van der Waals surface area contributed by atoms with Gasteiger partial charge >= 0.3 is 5.97 Å². The van der Waals surface area contributed by atoms with Gasteiger partial charge in [0.05, 0.1) is 6.42 Å². The molecule has 1 aliphatic carbocycles. The fourth-order valence-corrected chi connectivity index (χ4v) is 6.00. The van der Waals surface area contributed by atoms with Gasteiger partial charge in [0.2, 0.25) is 11.8 Å². The molecule has 2 N–H and O–H groups in total. The van der Waals surface area contributed by atoms with E-state index in [0.717, 1.165) is 60.7 Å². The van der Waals surface area contributed by atoms with Gasteiger partial charge in [-0.05, 0) is 66.5 Å². The van der Waals surface area contributed by atoms with Crippen molar-refractivity contribution in [2.24, 2.45) is 11.8 Å². The number of nitrogens with one attached hydrogen (secondary N) is 2. The van der Waals surface area contributed by atoms with Gasteiger partial charge in [0.25, 0.3) is 0 Å². The van der Waals surface area contributed by atoms with Crippen LogP contribution >= 0.6 is 0 Å². The van der Waals surface area contributed by atoms with Crippen LogP contribution in [-0.4, -0.2) is 34.9 Å². The Morgan fingerprint density at radius 1 is 1.07 bits per heavy atom. The molecule has 2 amide bonds. The lowest BCUT2D eigenvalue weighted by Gasteiger charge is -2.23. The van der Waals surface area contributed by atoms with Crippen molar-refractivity contribution < 1.29 is 19.1 Å². The van der Waals surface area contributed by atoms with Crippen LogP contribution in [0, 0.1) is 11.8 Å². The molecular weight excluding hydrogens is 514 g/mol. The second kappa shape index (κ2) is 13.2. The number of ether oxygens (including phenoxy) is 1. The predicted molar refractivity (Wildman–Crippen MR) is 161 cm³/mol. The number of para-hydroxylation sites is 1. The van der Waals surface area contributed by atoms with Gasteiger partial charge in [-0.25, -0.2) is 0 Å². The molecule has 2 aliphatic rings. The van der Waals surface area contributed by atoms with Crippen LogP contribution in [0.25, 0.3) is 17.0 Å². The van der Waals surface area contributed by atoms with Gasteiger partial charge in [0.1, 0.15) is 11.8 Å². The third-order valence-corrected chi connectivity index (χ3v) is 8.08. The molecule has 2 atom stereocenters. The van der Waals surface area contributed by atoms with E-state index in [1.165, 1.54) is 5.56 Å². The van der Waals surface area contributed by atoms with Gasteiger partial charge in [-0.1, -0.05) is 63.1 Å². The fraction of sp³-hybridized carbons (Fsp3) is 0.441. The predicted octanol–water partition coefficient (Wildman–Crippen LogP) is 5.59. The number of aromatic nitrogens is 1. The molecule has 3 aromatic rings. The van der Waals surface area contributed by atoms with Gasteiger partial charge in [0.15, 0.2) is 0 Å². The van der Waals surface area contributed by atoms with Gasteiger partial charge < -0.3 is 19.9 Å². The lowest BCUT2D eigenvalue weighted by Crippen LogP contribution is -2.50. The van der Waals surface area contributed by atoms with E-state index in [0.29, 0.717) is 25.1 Å². The molecule has 216 valence electrons. The molecular formula is C34H41N3O4.